The number of imide groups is 1. The summed E-state index contributed by atoms with van der Waals surface area (Å²) in [6.45, 7) is 3.53. The lowest BCUT2D eigenvalue weighted by molar-refractivity contribution is -0.385. The molecule has 4 atom stereocenters. The predicted octanol–water partition coefficient (Wildman–Crippen LogP) is 4.80. The van der Waals surface area contributed by atoms with Gasteiger partial charge in [0.2, 0.25) is 0 Å². The van der Waals surface area contributed by atoms with Crippen LogP contribution in [-0.2, 0) is 16.1 Å². The first-order chi connectivity index (χ1) is 18.2. The molecule has 1 N–H and O–H groups in total. The first-order valence-electron chi connectivity index (χ1n) is 12.1. The molecule has 198 valence electrons. The van der Waals surface area contributed by atoms with Crippen LogP contribution in [0, 0.1) is 16.0 Å². The van der Waals surface area contributed by atoms with Crippen molar-refractivity contribution < 1.29 is 29.1 Å². The average Bonchev–Trinajstić information content (AvgIpc) is 2.94. The van der Waals surface area contributed by atoms with Crippen LogP contribution in [0.25, 0.3) is 0 Å². The van der Waals surface area contributed by atoms with Gasteiger partial charge in [0.1, 0.15) is 11.9 Å². The summed E-state index contributed by atoms with van der Waals surface area (Å²) in [5.74, 6) is -1.13. The second kappa shape index (κ2) is 11.4. The van der Waals surface area contributed by atoms with Crippen molar-refractivity contribution in [2.24, 2.45) is 5.92 Å². The van der Waals surface area contributed by atoms with Crippen LogP contribution in [0.5, 0.6) is 5.75 Å². The fraction of sp³-hybridized carbons (Fsp3) is 0.286. The Balaban J connectivity index is 1.66. The van der Waals surface area contributed by atoms with Gasteiger partial charge in [-0.15, -0.1) is 0 Å². The number of methoxy groups -OCH3 is 1. The Morgan fingerprint density at radius 1 is 1.11 bits per heavy atom. The van der Waals surface area contributed by atoms with E-state index in [2.05, 4.69) is 0 Å². The highest BCUT2D eigenvalue weighted by molar-refractivity contribution is 5.93. The van der Waals surface area contributed by atoms with E-state index in [4.69, 9.17) is 9.47 Å². The van der Waals surface area contributed by atoms with E-state index in [1.54, 1.807) is 24.3 Å². The van der Waals surface area contributed by atoms with E-state index >= 15 is 0 Å². The van der Waals surface area contributed by atoms with Crippen LogP contribution in [0.2, 0.25) is 0 Å². The second-order valence-electron chi connectivity index (χ2n) is 9.14. The second-order valence-corrected chi connectivity index (χ2v) is 9.14. The van der Waals surface area contributed by atoms with Crippen LogP contribution >= 0.6 is 0 Å². The fourth-order valence-electron chi connectivity index (χ4n) is 4.48. The number of aliphatic hydroxyl groups is 1. The van der Waals surface area contributed by atoms with Gasteiger partial charge in [-0.1, -0.05) is 61.5 Å². The molecule has 4 rings (SSSR count). The maximum atomic E-state index is 13.7. The normalized spacial score (nSPS) is 19.4. The molecule has 1 saturated heterocycles. The summed E-state index contributed by atoms with van der Waals surface area (Å²) in [7, 11) is 1.57. The van der Waals surface area contributed by atoms with Gasteiger partial charge in [0.15, 0.2) is 0 Å². The third-order valence-electron chi connectivity index (χ3n) is 6.69. The van der Waals surface area contributed by atoms with Gasteiger partial charge in [-0.25, -0.2) is 4.79 Å². The number of carbonyl (C=O) groups excluding carboxylic acids is 2. The number of cyclic esters (lactones) is 1. The maximum absolute atomic E-state index is 13.7. The van der Waals surface area contributed by atoms with Crippen molar-refractivity contribution in [1.29, 1.82) is 0 Å². The van der Waals surface area contributed by atoms with Crippen LogP contribution < -0.4 is 4.74 Å². The highest BCUT2D eigenvalue weighted by atomic mass is 16.6. The van der Waals surface area contributed by atoms with Gasteiger partial charge in [0, 0.05) is 18.7 Å². The molecular formula is C28H29N3O7. The van der Waals surface area contributed by atoms with E-state index in [0.29, 0.717) is 5.75 Å². The van der Waals surface area contributed by atoms with E-state index in [1.165, 1.54) is 31.2 Å². The van der Waals surface area contributed by atoms with Crippen LogP contribution in [0.1, 0.15) is 42.7 Å². The van der Waals surface area contributed by atoms with Gasteiger partial charge in [-0.3, -0.25) is 14.9 Å². The van der Waals surface area contributed by atoms with Crippen LogP contribution in [-0.4, -0.2) is 45.2 Å². The summed E-state index contributed by atoms with van der Waals surface area (Å²) < 4.78 is 11.0. The minimum atomic E-state index is -1.39. The zero-order valence-electron chi connectivity index (χ0n) is 21.3. The zero-order chi connectivity index (χ0) is 27.4. The molecule has 1 aliphatic heterocycles. The lowest BCUT2D eigenvalue weighted by Crippen LogP contribution is -2.61. The average molecular weight is 520 g/mol. The number of hydrogen-bond acceptors (Lipinski definition) is 8. The molecule has 0 spiro atoms. The van der Waals surface area contributed by atoms with Crippen molar-refractivity contribution >= 4 is 17.7 Å². The first-order valence-corrected chi connectivity index (χ1v) is 12.1. The number of hydrazine groups is 1. The maximum Gasteiger partial charge on any atom is 0.432 e. The third kappa shape index (κ3) is 5.51. The number of benzene rings is 3. The molecule has 10 nitrogen and oxygen atoms in total. The van der Waals surface area contributed by atoms with E-state index in [9.17, 15) is 24.8 Å². The van der Waals surface area contributed by atoms with Crippen molar-refractivity contribution in [3.05, 3.63) is 106 Å². The molecule has 1 fully saturated rings. The molecule has 3 aromatic rings. The molecule has 3 aromatic carbocycles. The Hall–Kier alpha value is -4.28. The van der Waals surface area contributed by atoms with Gasteiger partial charge >= 0.3 is 6.09 Å². The topological polar surface area (TPSA) is 122 Å². The van der Waals surface area contributed by atoms with Gasteiger partial charge in [-0.05, 0) is 35.7 Å². The third-order valence-corrected chi connectivity index (χ3v) is 6.69. The van der Waals surface area contributed by atoms with Crippen molar-refractivity contribution in [2.45, 2.75) is 38.6 Å². The Bertz CT molecular complexity index is 1300. The Labute approximate surface area is 220 Å². The van der Waals surface area contributed by atoms with Crippen LogP contribution in [0.3, 0.4) is 0 Å². The molecule has 1 aliphatic rings. The number of nitrogens with zero attached hydrogens (tertiary/aromatic N) is 3. The highest BCUT2D eigenvalue weighted by Gasteiger charge is 2.45. The minimum absolute atomic E-state index is 0.197. The molecule has 10 heteroatoms. The van der Waals surface area contributed by atoms with Gasteiger partial charge in [0.25, 0.3) is 11.6 Å². The number of ether oxygens (including phenoxy) is 2. The van der Waals surface area contributed by atoms with Gasteiger partial charge < -0.3 is 14.6 Å². The molecule has 38 heavy (non-hydrogen) atoms. The summed E-state index contributed by atoms with van der Waals surface area (Å²) in [6.07, 6.45) is -2.89. The number of nitro groups is 1. The summed E-state index contributed by atoms with van der Waals surface area (Å²) in [6, 6.07) is 21.5. The number of non-ortho nitro benzene ring substituents is 1. The monoisotopic (exact) mass is 519 g/mol. The first kappa shape index (κ1) is 26.8. The van der Waals surface area contributed by atoms with E-state index in [1.807, 2.05) is 49.4 Å². The Morgan fingerprint density at radius 3 is 2.42 bits per heavy atom. The number of rotatable bonds is 8. The summed E-state index contributed by atoms with van der Waals surface area (Å²) in [5, 5.41) is 24.7. The van der Waals surface area contributed by atoms with Gasteiger partial charge in [-0.2, -0.15) is 10.0 Å². The van der Waals surface area contributed by atoms with Crippen molar-refractivity contribution in [3.8, 4) is 5.75 Å². The SMILES string of the molecule is COc1ccc(CN2[C@@H](C)[C@@H](c3ccccc3)OC(=O)N2C(=O)[C@@H](C)[C@H](O)c2cccc([N+](=O)[O-])c2)cc1. The van der Waals surface area contributed by atoms with Crippen LogP contribution in [0.4, 0.5) is 10.5 Å². The number of nitro benzene ring substituents is 1. The van der Waals surface area contributed by atoms with Crippen molar-refractivity contribution in [2.75, 3.05) is 7.11 Å². The lowest BCUT2D eigenvalue weighted by Gasteiger charge is -2.45. The number of aliphatic hydroxyl groups excluding tert-OH is 1. The highest BCUT2D eigenvalue weighted by Crippen LogP contribution is 2.35. The summed E-state index contributed by atoms with van der Waals surface area (Å²) in [5.41, 5.74) is 1.59. The Kier molecular flexibility index (Phi) is 8.04. The fourth-order valence-corrected chi connectivity index (χ4v) is 4.48. The number of hydrogen-bond donors (Lipinski definition) is 1. The summed E-state index contributed by atoms with van der Waals surface area (Å²) >= 11 is 0. The molecule has 0 bridgehead atoms. The van der Waals surface area contributed by atoms with E-state index in [-0.39, 0.29) is 17.8 Å². The predicted molar refractivity (Wildman–Crippen MR) is 138 cm³/mol. The standard InChI is InChI=1S/C28H29N3O7/c1-18(25(32)22-10-7-11-23(16-22)31(35)36)27(33)30-28(34)38-26(21-8-5-4-6-9-21)19(2)29(30)17-20-12-14-24(37-3)15-13-20/h4-16,18-19,25-26,32H,17H2,1-3H3/t18-,19-,25-,26-/m0/s1. The minimum Gasteiger partial charge on any atom is -0.497 e. The molecule has 1 heterocycles. The lowest BCUT2D eigenvalue weighted by atomic mass is 9.95. The van der Waals surface area contributed by atoms with Crippen LogP contribution in [0.15, 0.2) is 78.9 Å². The van der Waals surface area contributed by atoms with E-state index < -0.39 is 41.1 Å². The van der Waals surface area contributed by atoms with Crippen molar-refractivity contribution in [1.82, 2.24) is 10.0 Å². The molecule has 0 unspecified atom stereocenters. The largest absolute Gasteiger partial charge is 0.497 e. The van der Waals surface area contributed by atoms with Gasteiger partial charge in [0.05, 0.1) is 30.1 Å². The number of carbonyl (C=O) groups is 2. The molecular weight excluding hydrogens is 490 g/mol. The summed E-state index contributed by atoms with van der Waals surface area (Å²) in [4.78, 5) is 37.6. The molecule has 0 aromatic heterocycles. The Morgan fingerprint density at radius 2 is 1.79 bits per heavy atom. The molecule has 0 radical (unpaired) electrons. The zero-order valence-corrected chi connectivity index (χ0v) is 21.3. The van der Waals surface area contributed by atoms with E-state index in [0.717, 1.165) is 16.1 Å². The molecule has 0 saturated carbocycles. The molecule has 0 aliphatic carbocycles. The number of amides is 2. The molecule has 2 amide bonds. The quantitative estimate of drug-likeness (QED) is 0.333. The smallest absolute Gasteiger partial charge is 0.432 e. The van der Waals surface area contributed by atoms with Crippen molar-refractivity contribution in [3.63, 3.8) is 0 Å².